The number of morpholine rings is 1. The minimum Gasteiger partial charge on any atom is -0.486 e. The number of hydrogen-bond acceptors (Lipinski definition) is 6. The van der Waals surface area contributed by atoms with Crippen LogP contribution in [0.15, 0.2) is 41.3 Å². The van der Waals surface area contributed by atoms with Crippen molar-refractivity contribution in [3.8, 4) is 11.5 Å². The molecular weight excluding hydrogens is 468 g/mol. The van der Waals surface area contributed by atoms with Gasteiger partial charge in [0, 0.05) is 25.2 Å². The highest BCUT2D eigenvalue weighted by Gasteiger charge is 2.33. The van der Waals surface area contributed by atoms with Crippen molar-refractivity contribution in [3.63, 3.8) is 0 Å². The van der Waals surface area contributed by atoms with Crippen LogP contribution in [-0.4, -0.2) is 69.6 Å². The molecule has 0 unspecified atom stereocenters. The fourth-order valence-electron chi connectivity index (χ4n) is 4.55. The van der Waals surface area contributed by atoms with E-state index in [1.54, 1.807) is 11.0 Å². The molecule has 176 valence electrons. The second-order valence-electron chi connectivity index (χ2n) is 8.22. The average molecular weight is 493 g/mol. The Bertz CT molecular complexity index is 1170. The topological polar surface area (TPSA) is 85.4 Å². The molecule has 2 fully saturated rings. The number of amides is 1. The predicted molar refractivity (Wildman–Crippen MR) is 121 cm³/mol. The Balaban J connectivity index is 1.42. The zero-order chi connectivity index (χ0) is 23.0. The second kappa shape index (κ2) is 9.13. The van der Waals surface area contributed by atoms with E-state index < -0.39 is 10.0 Å². The predicted octanol–water partition coefficient (Wildman–Crippen LogP) is 3.11. The first kappa shape index (κ1) is 22.5. The molecule has 2 aromatic rings. The Kier molecular flexibility index (Phi) is 6.22. The van der Waals surface area contributed by atoms with Crippen LogP contribution in [0.3, 0.4) is 0 Å². The van der Waals surface area contributed by atoms with Crippen LogP contribution in [0.4, 0.5) is 0 Å². The number of nitrogens with zero attached hydrogens (tertiary/aromatic N) is 2. The number of sulfonamides is 1. The summed E-state index contributed by atoms with van der Waals surface area (Å²) in [5.74, 6) is 1.17. The van der Waals surface area contributed by atoms with Crippen molar-refractivity contribution in [1.82, 2.24) is 9.21 Å². The van der Waals surface area contributed by atoms with E-state index in [2.05, 4.69) is 0 Å². The molecule has 0 saturated carbocycles. The average Bonchev–Trinajstić information content (AvgIpc) is 3.34. The monoisotopic (exact) mass is 492 g/mol. The van der Waals surface area contributed by atoms with Gasteiger partial charge >= 0.3 is 0 Å². The normalized spacial score (nSPS) is 21.2. The third-order valence-corrected chi connectivity index (χ3v) is 8.61. The minimum atomic E-state index is -3.83. The molecular formula is C23H25ClN2O6S. The van der Waals surface area contributed by atoms with Crippen molar-refractivity contribution >= 4 is 27.5 Å². The molecule has 0 aromatic heterocycles. The molecule has 10 heteroatoms. The SMILES string of the molecule is O=C(c1ccc(Cl)c(S(=O)(=O)N2CCOCC2)c1)N1CCC[C@@H]1c1ccc2c(c1)OCCO2. The molecule has 8 nitrogen and oxygen atoms in total. The highest BCUT2D eigenvalue weighted by atomic mass is 35.5. The first-order chi connectivity index (χ1) is 15.9. The number of fused-ring (bicyclic) bond motifs is 1. The van der Waals surface area contributed by atoms with Gasteiger partial charge in [-0.2, -0.15) is 4.31 Å². The zero-order valence-corrected chi connectivity index (χ0v) is 19.6. The van der Waals surface area contributed by atoms with Gasteiger partial charge in [0.25, 0.3) is 5.91 Å². The van der Waals surface area contributed by atoms with Crippen molar-refractivity contribution in [2.75, 3.05) is 46.1 Å². The van der Waals surface area contributed by atoms with Gasteiger partial charge in [0.05, 0.1) is 24.3 Å². The van der Waals surface area contributed by atoms with Crippen molar-refractivity contribution in [2.45, 2.75) is 23.8 Å². The van der Waals surface area contributed by atoms with E-state index in [1.165, 1.54) is 16.4 Å². The van der Waals surface area contributed by atoms with Crippen LogP contribution in [-0.2, 0) is 14.8 Å². The van der Waals surface area contributed by atoms with Crippen molar-refractivity contribution in [1.29, 1.82) is 0 Å². The zero-order valence-electron chi connectivity index (χ0n) is 18.0. The van der Waals surface area contributed by atoms with Gasteiger partial charge in [-0.15, -0.1) is 0 Å². The van der Waals surface area contributed by atoms with E-state index in [0.717, 1.165) is 18.4 Å². The van der Waals surface area contributed by atoms with Crippen molar-refractivity contribution in [3.05, 3.63) is 52.5 Å². The lowest BCUT2D eigenvalue weighted by Gasteiger charge is -2.28. The molecule has 33 heavy (non-hydrogen) atoms. The largest absolute Gasteiger partial charge is 0.486 e. The Morgan fingerprint density at radius 1 is 0.939 bits per heavy atom. The number of carbonyl (C=O) groups is 1. The lowest BCUT2D eigenvalue weighted by Crippen LogP contribution is -2.40. The molecule has 3 heterocycles. The maximum Gasteiger partial charge on any atom is 0.254 e. The van der Waals surface area contributed by atoms with Crippen LogP contribution >= 0.6 is 11.6 Å². The van der Waals surface area contributed by atoms with Gasteiger partial charge in [0.1, 0.15) is 18.1 Å². The molecule has 0 aliphatic carbocycles. The van der Waals surface area contributed by atoms with Crippen LogP contribution in [0, 0.1) is 0 Å². The molecule has 1 atom stereocenters. The van der Waals surface area contributed by atoms with Gasteiger partial charge in [-0.3, -0.25) is 4.79 Å². The molecule has 3 aliphatic rings. The molecule has 3 aliphatic heterocycles. The summed E-state index contributed by atoms with van der Waals surface area (Å²) in [6.45, 7) is 2.79. The highest BCUT2D eigenvalue weighted by molar-refractivity contribution is 7.89. The van der Waals surface area contributed by atoms with Gasteiger partial charge in [0.15, 0.2) is 11.5 Å². The summed E-state index contributed by atoms with van der Waals surface area (Å²) >= 11 is 6.27. The molecule has 2 saturated heterocycles. The van der Waals surface area contributed by atoms with E-state index in [0.29, 0.717) is 50.0 Å². The van der Waals surface area contributed by atoms with E-state index in [9.17, 15) is 13.2 Å². The number of hydrogen-bond donors (Lipinski definition) is 0. The summed E-state index contributed by atoms with van der Waals surface area (Å²) in [5, 5.41) is 0.0999. The third kappa shape index (κ3) is 4.30. The number of likely N-dealkylation sites (tertiary alicyclic amines) is 1. The van der Waals surface area contributed by atoms with Crippen LogP contribution in [0.5, 0.6) is 11.5 Å². The number of halogens is 1. The Hall–Kier alpha value is -2.33. The summed E-state index contributed by atoms with van der Waals surface area (Å²) in [6, 6.07) is 10.1. The van der Waals surface area contributed by atoms with Crippen LogP contribution in [0.2, 0.25) is 5.02 Å². The maximum atomic E-state index is 13.5. The number of rotatable bonds is 4. The molecule has 0 spiro atoms. The highest BCUT2D eigenvalue weighted by Crippen LogP contribution is 2.39. The van der Waals surface area contributed by atoms with E-state index in [1.807, 2.05) is 18.2 Å². The van der Waals surface area contributed by atoms with Crippen LogP contribution in [0.1, 0.15) is 34.8 Å². The van der Waals surface area contributed by atoms with Gasteiger partial charge < -0.3 is 19.1 Å². The minimum absolute atomic E-state index is 0.0491. The Morgan fingerprint density at radius 2 is 1.70 bits per heavy atom. The third-order valence-electron chi connectivity index (χ3n) is 6.23. The van der Waals surface area contributed by atoms with Crippen LogP contribution < -0.4 is 9.47 Å². The lowest BCUT2D eigenvalue weighted by molar-refractivity contribution is 0.0727. The van der Waals surface area contributed by atoms with Crippen molar-refractivity contribution in [2.24, 2.45) is 0 Å². The molecule has 1 amide bonds. The number of ether oxygens (including phenoxy) is 3. The maximum absolute atomic E-state index is 13.5. The summed E-state index contributed by atoms with van der Waals surface area (Å²) < 4.78 is 44.2. The lowest BCUT2D eigenvalue weighted by atomic mass is 10.0. The molecule has 5 rings (SSSR count). The van der Waals surface area contributed by atoms with Gasteiger partial charge in [-0.05, 0) is 48.7 Å². The molecule has 2 aromatic carbocycles. The summed E-state index contributed by atoms with van der Waals surface area (Å²) in [6.07, 6.45) is 1.68. The first-order valence-electron chi connectivity index (χ1n) is 11.0. The quantitative estimate of drug-likeness (QED) is 0.652. The smallest absolute Gasteiger partial charge is 0.254 e. The number of carbonyl (C=O) groups excluding carboxylic acids is 1. The van der Waals surface area contributed by atoms with Gasteiger partial charge in [-0.1, -0.05) is 17.7 Å². The second-order valence-corrected chi connectivity index (χ2v) is 10.5. The molecule has 0 bridgehead atoms. The standard InChI is InChI=1S/C23H25ClN2O6S/c24-18-5-3-17(15-22(18)33(28,29)25-8-10-30-11-9-25)23(27)26-7-1-2-19(26)16-4-6-20-21(14-16)32-13-12-31-20/h3-6,14-15,19H,1-2,7-13H2/t19-/m1/s1. The summed E-state index contributed by atoms with van der Waals surface area (Å²) in [4.78, 5) is 15.2. The van der Waals surface area contributed by atoms with E-state index >= 15 is 0 Å². The summed E-state index contributed by atoms with van der Waals surface area (Å²) in [5.41, 5.74) is 1.27. The fourth-order valence-corrected chi connectivity index (χ4v) is 6.46. The first-order valence-corrected chi connectivity index (χ1v) is 12.8. The van der Waals surface area contributed by atoms with E-state index in [-0.39, 0.29) is 35.0 Å². The molecule has 0 radical (unpaired) electrons. The van der Waals surface area contributed by atoms with Gasteiger partial charge in [0.2, 0.25) is 10.0 Å². The Morgan fingerprint density at radius 3 is 2.48 bits per heavy atom. The van der Waals surface area contributed by atoms with Gasteiger partial charge in [-0.25, -0.2) is 8.42 Å². The fraction of sp³-hybridized carbons (Fsp3) is 0.435. The number of benzene rings is 2. The van der Waals surface area contributed by atoms with E-state index in [4.69, 9.17) is 25.8 Å². The van der Waals surface area contributed by atoms with Crippen molar-refractivity contribution < 1.29 is 27.4 Å². The summed E-state index contributed by atoms with van der Waals surface area (Å²) in [7, 11) is -3.83. The molecule has 0 N–H and O–H groups in total. The Labute approximate surface area is 198 Å². The van der Waals surface area contributed by atoms with Crippen LogP contribution in [0.25, 0.3) is 0 Å².